The largest absolute Gasteiger partial charge is 0.493 e. The van der Waals surface area contributed by atoms with Crippen molar-refractivity contribution in [1.29, 1.82) is 0 Å². The highest BCUT2D eigenvalue weighted by Gasteiger charge is 2.75. The van der Waals surface area contributed by atoms with Crippen LogP contribution in [0, 0.1) is 0 Å². The van der Waals surface area contributed by atoms with Crippen molar-refractivity contribution in [1.82, 2.24) is 9.80 Å². The fraction of sp³-hybridized carbons (Fsp3) is 0.371. The van der Waals surface area contributed by atoms with Crippen molar-refractivity contribution in [3.8, 4) is 23.0 Å². The predicted octanol–water partition coefficient (Wildman–Crippen LogP) is 3.72. The number of hydrogen-bond acceptors (Lipinski definition) is 15. The first-order chi connectivity index (χ1) is 24.7. The first kappa shape index (κ1) is 36.6. The van der Waals surface area contributed by atoms with Crippen LogP contribution in [-0.4, -0.2) is 100 Å². The van der Waals surface area contributed by atoms with E-state index in [1.54, 1.807) is 12.5 Å². The van der Waals surface area contributed by atoms with E-state index in [4.69, 9.17) is 33.2 Å². The topological polar surface area (TPSA) is 174 Å². The highest BCUT2D eigenvalue weighted by Crippen LogP contribution is 2.58. The number of amides is 2. The number of benzene rings is 2. The van der Waals surface area contributed by atoms with E-state index in [1.807, 2.05) is 0 Å². The van der Waals surface area contributed by atoms with Crippen molar-refractivity contribution in [3.05, 3.63) is 71.7 Å². The van der Waals surface area contributed by atoms with Crippen molar-refractivity contribution >= 4 is 59.2 Å². The maximum atomic E-state index is 15.6. The minimum atomic E-state index is -2.03. The SMILES string of the molecule is COc1ccc2cc1Oc1cc(ccc1OC(C)=O)[C@H](OC(C)=O)[C@@]1(SC)C(=O)N3[C@H]4C(=COC=C[C@@H]4OC2=O)[C@@H](OC(C)=O)[C@@]3(SC)C(=O)N1C. The third-order valence-corrected chi connectivity index (χ3v) is 11.6. The average Bonchev–Trinajstić information content (AvgIpc) is 3.21. The molecular formula is C35H34N2O13S2. The van der Waals surface area contributed by atoms with Gasteiger partial charge in [-0.2, -0.15) is 0 Å². The van der Waals surface area contributed by atoms with E-state index in [0.717, 1.165) is 30.4 Å². The molecule has 2 saturated heterocycles. The average molecular weight is 755 g/mol. The van der Waals surface area contributed by atoms with Crippen LogP contribution in [0.3, 0.4) is 0 Å². The smallest absolute Gasteiger partial charge is 0.338 e. The van der Waals surface area contributed by atoms with E-state index >= 15 is 9.59 Å². The Morgan fingerprint density at radius 2 is 1.48 bits per heavy atom. The molecule has 4 aliphatic heterocycles. The van der Waals surface area contributed by atoms with Gasteiger partial charge >= 0.3 is 23.9 Å². The number of carbonyl (C=O) groups is 6. The first-order valence-corrected chi connectivity index (χ1v) is 18.2. The van der Waals surface area contributed by atoms with Gasteiger partial charge in [-0.15, -0.1) is 23.5 Å². The molecule has 4 heterocycles. The van der Waals surface area contributed by atoms with E-state index < -0.39 is 69.8 Å². The van der Waals surface area contributed by atoms with Gasteiger partial charge in [-0.1, -0.05) is 6.07 Å². The fourth-order valence-electron chi connectivity index (χ4n) is 6.95. The van der Waals surface area contributed by atoms with Crippen LogP contribution in [0.1, 0.15) is 42.8 Å². The molecule has 17 heteroatoms. The Kier molecular flexibility index (Phi) is 9.69. The number of esters is 4. The van der Waals surface area contributed by atoms with Crippen LogP contribution in [0.5, 0.6) is 23.0 Å². The number of likely N-dealkylation sites (N-methyl/N-ethyl adjacent to an activating group) is 1. The summed E-state index contributed by atoms with van der Waals surface area (Å²) in [6.07, 6.45) is 2.85. The fourth-order valence-corrected chi connectivity index (χ4v) is 9.08. The third-order valence-electron chi connectivity index (χ3n) is 9.06. The van der Waals surface area contributed by atoms with Crippen LogP contribution < -0.4 is 14.2 Å². The molecule has 6 rings (SSSR count). The van der Waals surface area contributed by atoms with Gasteiger partial charge in [-0.25, -0.2) is 4.79 Å². The lowest BCUT2D eigenvalue weighted by Crippen LogP contribution is -2.77. The Labute approximate surface area is 306 Å². The van der Waals surface area contributed by atoms with E-state index in [-0.39, 0.29) is 39.7 Å². The molecule has 4 aliphatic rings. The summed E-state index contributed by atoms with van der Waals surface area (Å²) in [5, 5.41) is 0. The second-order valence-corrected chi connectivity index (χ2v) is 14.0. The van der Waals surface area contributed by atoms with Gasteiger partial charge in [-0.3, -0.25) is 24.0 Å². The second-order valence-electron chi connectivity index (χ2n) is 12.0. The maximum absolute atomic E-state index is 15.6. The van der Waals surface area contributed by atoms with Crippen LogP contribution in [0.25, 0.3) is 0 Å². The molecule has 0 aromatic heterocycles. The highest BCUT2D eigenvalue weighted by molar-refractivity contribution is 8.01. The van der Waals surface area contributed by atoms with Gasteiger partial charge in [0.25, 0.3) is 11.8 Å². The highest BCUT2D eigenvalue weighted by atomic mass is 32.2. The van der Waals surface area contributed by atoms with E-state index in [9.17, 15) is 19.2 Å². The summed E-state index contributed by atoms with van der Waals surface area (Å²) >= 11 is 1.88. The molecule has 15 nitrogen and oxygen atoms in total. The molecule has 2 amide bonds. The van der Waals surface area contributed by atoms with Gasteiger partial charge in [-0.05, 0) is 48.9 Å². The number of nitrogens with zero attached hydrogens (tertiary/aromatic N) is 2. The first-order valence-electron chi connectivity index (χ1n) is 15.7. The molecule has 0 aliphatic carbocycles. The van der Waals surface area contributed by atoms with E-state index in [0.29, 0.717) is 0 Å². The zero-order valence-corrected chi connectivity index (χ0v) is 30.7. The van der Waals surface area contributed by atoms with Gasteiger partial charge in [0.2, 0.25) is 9.74 Å². The molecule has 6 atom stereocenters. The van der Waals surface area contributed by atoms with Gasteiger partial charge in [0.1, 0.15) is 12.1 Å². The summed E-state index contributed by atoms with van der Waals surface area (Å²) in [7, 11) is 2.78. The van der Waals surface area contributed by atoms with Crippen molar-refractivity contribution in [2.24, 2.45) is 0 Å². The molecule has 52 heavy (non-hydrogen) atoms. The summed E-state index contributed by atoms with van der Waals surface area (Å²) in [5.41, 5.74) is 0.340. The monoisotopic (exact) mass is 754 g/mol. The molecule has 0 radical (unpaired) electrons. The Balaban J connectivity index is 1.71. The normalized spacial score (nSPS) is 27.4. The Morgan fingerprint density at radius 3 is 2.12 bits per heavy atom. The van der Waals surface area contributed by atoms with Crippen LogP contribution in [0.2, 0.25) is 0 Å². The number of piperazine rings is 1. The van der Waals surface area contributed by atoms with Crippen LogP contribution in [0.4, 0.5) is 0 Å². The number of rotatable bonds is 6. The standard InChI is InChI=1S/C35H34N2O13S2/c1-17(38)46-24-11-8-20-14-27(24)49-26-15-21(9-10-23(26)44-5)31(41)50-25-12-13-45-16-22-28(25)37-33(43)34(51-6,29(20)47-18(2)39)36(4)32(42)35(37,52-7)30(22)48-19(3)40/h8-16,25,28-30H,1-7H3/t25-,28-,29-,30+,34+,35+/m0/s1. The number of methoxy groups -OCH3 is 1. The summed E-state index contributed by atoms with van der Waals surface area (Å²) in [6, 6.07) is 7.27. The van der Waals surface area contributed by atoms with Crippen LogP contribution >= 0.6 is 23.5 Å². The molecule has 2 aromatic rings. The number of fused-ring (bicyclic) bond motifs is 5. The summed E-state index contributed by atoms with van der Waals surface area (Å²) in [6.45, 7) is 3.51. The van der Waals surface area contributed by atoms with Crippen molar-refractivity contribution in [2.75, 3.05) is 26.7 Å². The van der Waals surface area contributed by atoms with Gasteiger partial charge in [0, 0.05) is 39.0 Å². The van der Waals surface area contributed by atoms with E-state index in [2.05, 4.69) is 0 Å². The third kappa shape index (κ3) is 5.62. The molecule has 6 bridgehead atoms. The molecule has 274 valence electrons. The maximum Gasteiger partial charge on any atom is 0.338 e. The van der Waals surface area contributed by atoms with Gasteiger partial charge in [0.15, 0.2) is 35.2 Å². The van der Waals surface area contributed by atoms with Gasteiger partial charge < -0.3 is 43.0 Å². The van der Waals surface area contributed by atoms with Gasteiger partial charge in [0.05, 0.1) is 25.2 Å². The van der Waals surface area contributed by atoms with Crippen molar-refractivity contribution < 1.29 is 61.9 Å². The lowest BCUT2D eigenvalue weighted by atomic mass is 9.93. The molecular weight excluding hydrogens is 721 g/mol. The predicted molar refractivity (Wildman–Crippen MR) is 184 cm³/mol. The summed E-state index contributed by atoms with van der Waals surface area (Å²) < 4.78 is 40.7. The summed E-state index contributed by atoms with van der Waals surface area (Å²) in [5.74, 6) is -4.43. The molecule has 2 aromatic carbocycles. The number of ether oxygens (including phenoxy) is 7. The van der Waals surface area contributed by atoms with Crippen molar-refractivity contribution in [2.45, 2.75) is 54.9 Å². The zero-order valence-electron chi connectivity index (χ0n) is 29.0. The number of thioether (sulfide) groups is 2. The molecule has 0 N–H and O–H groups in total. The lowest BCUT2D eigenvalue weighted by Gasteiger charge is -2.56. The molecule has 0 spiro atoms. The second kappa shape index (κ2) is 13.8. The van der Waals surface area contributed by atoms with Crippen LogP contribution in [0.15, 0.2) is 60.6 Å². The molecule has 0 saturated carbocycles. The molecule has 0 unspecified atom stereocenters. The minimum absolute atomic E-state index is 0.00245. The number of hydrogen-bond donors (Lipinski definition) is 0. The Morgan fingerprint density at radius 1 is 0.827 bits per heavy atom. The Bertz CT molecular complexity index is 1950. The summed E-state index contributed by atoms with van der Waals surface area (Å²) in [4.78, 5) is 80.8. The Hall–Kier alpha value is -5.16. The minimum Gasteiger partial charge on any atom is -0.493 e. The quantitative estimate of drug-likeness (QED) is 0.237. The van der Waals surface area contributed by atoms with Crippen LogP contribution in [-0.2, 0) is 42.9 Å². The van der Waals surface area contributed by atoms with Crippen molar-refractivity contribution in [3.63, 3.8) is 0 Å². The number of carbonyl (C=O) groups excluding carboxylic acids is 6. The lowest BCUT2D eigenvalue weighted by molar-refractivity contribution is -0.182. The zero-order chi connectivity index (χ0) is 37.7. The van der Waals surface area contributed by atoms with E-state index in [1.165, 1.54) is 92.8 Å². The molecule has 2 fully saturated rings.